The van der Waals surface area contributed by atoms with E-state index in [9.17, 15) is 5.11 Å². The van der Waals surface area contributed by atoms with E-state index in [-0.39, 0.29) is 12.6 Å². The summed E-state index contributed by atoms with van der Waals surface area (Å²) in [5.41, 5.74) is 3.07. The Morgan fingerprint density at radius 2 is 2.03 bits per heavy atom. The molecule has 0 aliphatic carbocycles. The number of aliphatic hydroxyl groups excluding tert-OH is 1. The Morgan fingerprint density at radius 1 is 1.18 bits per heavy atom. The molecule has 2 saturated heterocycles. The number of pyridine rings is 1. The highest BCUT2D eigenvalue weighted by atomic mass is 16.5. The first-order chi connectivity index (χ1) is 16.7. The summed E-state index contributed by atoms with van der Waals surface area (Å²) in [4.78, 5) is 17.0. The summed E-state index contributed by atoms with van der Waals surface area (Å²) in [6.07, 6.45) is 2.07. The number of nitrogens with one attached hydrogen (secondary N) is 2. The van der Waals surface area contributed by atoms with Gasteiger partial charge < -0.3 is 30.1 Å². The third-order valence-corrected chi connectivity index (χ3v) is 6.60. The Kier molecular flexibility index (Phi) is 6.75. The first-order valence-electron chi connectivity index (χ1n) is 11.9. The van der Waals surface area contributed by atoms with E-state index in [0.29, 0.717) is 36.6 Å². The molecule has 2 aliphatic heterocycles. The summed E-state index contributed by atoms with van der Waals surface area (Å²) in [7, 11) is 1.60. The van der Waals surface area contributed by atoms with Crippen LogP contribution in [0.3, 0.4) is 0 Å². The fourth-order valence-corrected chi connectivity index (χ4v) is 4.69. The molecule has 2 aliphatic rings. The fourth-order valence-electron chi connectivity index (χ4n) is 4.69. The lowest BCUT2D eigenvalue weighted by Gasteiger charge is -2.35. The number of anilines is 2. The molecule has 0 saturated carbocycles. The van der Waals surface area contributed by atoms with Gasteiger partial charge in [0.05, 0.1) is 44.1 Å². The zero-order valence-corrected chi connectivity index (χ0v) is 19.8. The van der Waals surface area contributed by atoms with Crippen molar-refractivity contribution >= 4 is 22.8 Å². The van der Waals surface area contributed by atoms with Gasteiger partial charge in [-0.15, -0.1) is 0 Å². The molecular formula is C25H32N6O3. The third-order valence-electron chi connectivity index (χ3n) is 6.60. The lowest BCUT2D eigenvalue weighted by atomic mass is 10.1. The Balaban J connectivity index is 1.57. The Hall–Kier alpha value is -3.01. The second-order valence-corrected chi connectivity index (χ2v) is 8.91. The lowest BCUT2D eigenvalue weighted by molar-refractivity contribution is 0.0987. The van der Waals surface area contributed by atoms with E-state index < -0.39 is 0 Å². The van der Waals surface area contributed by atoms with E-state index in [1.165, 1.54) is 0 Å². The van der Waals surface area contributed by atoms with Crippen molar-refractivity contribution in [2.45, 2.75) is 38.5 Å². The smallest absolute Gasteiger partial charge is 0.226 e. The molecule has 5 rings (SSSR count). The van der Waals surface area contributed by atoms with Gasteiger partial charge in [-0.3, -0.25) is 0 Å². The predicted octanol–water partition coefficient (Wildman–Crippen LogP) is 2.58. The molecule has 2 aromatic heterocycles. The highest BCUT2D eigenvalue weighted by Crippen LogP contribution is 2.31. The summed E-state index contributed by atoms with van der Waals surface area (Å²) in [5.74, 6) is 2.16. The van der Waals surface area contributed by atoms with Crippen molar-refractivity contribution in [2.75, 3.05) is 50.2 Å². The highest BCUT2D eigenvalue weighted by Gasteiger charge is 2.25. The molecule has 3 N–H and O–H groups in total. The molecule has 0 spiro atoms. The minimum absolute atomic E-state index is 0.101. The number of ether oxygens (including phenoxy) is 2. The van der Waals surface area contributed by atoms with Gasteiger partial charge in [0.2, 0.25) is 5.95 Å². The van der Waals surface area contributed by atoms with Crippen LogP contribution in [0.15, 0.2) is 30.3 Å². The van der Waals surface area contributed by atoms with Crippen LogP contribution in [-0.4, -0.2) is 72.1 Å². The van der Waals surface area contributed by atoms with Crippen molar-refractivity contribution in [2.24, 2.45) is 0 Å². The molecule has 0 amide bonds. The summed E-state index contributed by atoms with van der Waals surface area (Å²) in [6, 6.07) is 10.3. The van der Waals surface area contributed by atoms with Crippen molar-refractivity contribution < 1.29 is 14.6 Å². The van der Waals surface area contributed by atoms with Gasteiger partial charge >= 0.3 is 0 Å². The lowest BCUT2D eigenvalue weighted by Crippen LogP contribution is -2.44. The molecule has 0 radical (unpaired) electrons. The van der Waals surface area contributed by atoms with Gasteiger partial charge in [0.15, 0.2) is 5.65 Å². The van der Waals surface area contributed by atoms with Crippen LogP contribution in [-0.2, 0) is 11.3 Å². The maximum atomic E-state index is 9.74. The molecule has 0 unspecified atom stereocenters. The largest absolute Gasteiger partial charge is 0.496 e. The van der Waals surface area contributed by atoms with Gasteiger partial charge in [-0.25, -0.2) is 4.98 Å². The topological polar surface area (TPSA) is 105 Å². The molecule has 1 atom stereocenters. The monoisotopic (exact) mass is 464 g/mol. The molecule has 1 aromatic carbocycles. The van der Waals surface area contributed by atoms with Crippen LogP contribution in [0, 0.1) is 0 Å². The van der Waals surface area contributed by atoms with Gasteiger partial charge in [-0.1, -0.05) is 0 Å². The Bertz CT molecular complexity index is 1150. The molecule has 9 heteroatoms. The molecular weight excluding hydrogens is 432 g/mol. The normalized spacial score (nSPS) is 19.4. The summed E-state index contributed by atoms with van der Waals surface area (Å²) < 4.78 is 11.0. The summed E-state index contributed by atoms with van der Waals surface area (Å²) >= 11 is 0. The van der Waals surface area contributed by atoms with Crippen LogP contribution in [0.25, 0.3) is 22.3 Å². The van der Waals surface area contributed by atoms with Crippen LogP contribution in [0.2, 0.25) is 0 Å². The predicted molar refractivity (Wildman–Crippen MR) is 132 cm³/mol. The third kappa shape index (κ3) is 4.64. The summed E-state index contributed by atoms with van der Waals surface area (Å²) in [6.45, 7) is 6.16. The standard InChI is InChI=1S/C25H32N6O3/c1-16-15-34-12-11-31(16)24-20-4-5-21(17-3-6-22(33-2)18(13-17)14-32)28-23(20)29-25(30-24)27-19-7-9-26-10-8-19/h3-6,13,16,19,26,32H,7-12,14-15H2,1-2H3,(H,27,28,29,30)/t16-/m0/s1. The SMILES string of the molecule is COc1ccc(-c2ccc3c(N4CCOC[C@@H]4C)nc(NC4CCNCC4)nc3n2)cc1CO. The molecule has 2 fully saturated rings. The van der Waals surface area contributed by atoms with Crippen LogP contribution >= 0.6 is 0 Å². The first kappa shape index (κ1) is 22.8. The van der Waals surface area contributed by atoms with Crippen molar-refractivity contribution in [3.63, 3.8) is 0 Å². The number of benzene rings is 1. The maximum absolute atomic E-state index is 9.74. The van der Waals surface area contributed by atoms with Gasteiger partial charge in [0.1, 0.15) is 11.6 Å². The quantitative estimate of drug-likeness (QED) is 0.508. The van der Waals surface area contributed by atoms with E-state index in [0.717, 1.165) is 60.5 Å². The number of morpholine rings is 1. The van der Waals surface area contributed by atoms with E-state index in [1.54, 1.807) is 7.11 Å². The molecule has 4 heterocycles. The number of fused-ring (bicyclic) bond motifs is 1. The second-order valence-electron chi connectivity index (χ2n) is 8.91. The fraction of sp³-hybridized carbons (Fsp3) is 0.480. The zero-order chi connectivity index (χ0) is 23.5. The number of hydrogen-bond acceptors (Lipinski definition) is 9. The Morgan fingerprint density at radius 3 is 2.79 bits per heavy atom. The van der Waals surface area contributed by atoms with Crippen LogP contribution in [0.4, 0.5) is 11.8 Å². The minimum Gasteiger partial charge on any atom is -0.496 e. The molecule has 34 heavy (non-hydrogen) atoms. The van der Waals surface area contributed by atoms with Crippen molar-refractivity contribution in [1.82, 2.24) is 20.3 Å². The van der Waals surface area contributed by atoms with E-state index in [4.69, 9.17) is 24.4 Å². The van der Waals surface area contributed by atoms with Crippen LogP contribution in [0.1, 0.15) is 25.3 Å². The number of nitrogens with zero attached hydrogens (tertiary/aromatic N) is 4. The van der Waals surface area contributed by atoms with Crippen LogP contribution < -0.4 is 20.3 Å². The maximum Gasteiger partial charge on any atom is 0.226 e. The number of methoxy groups -OCH3 is 1. The van der Waals surface area contributed by atoms with Crippen LogP contribution in [0.5, 0.6) is 5.75 Å². The number of rotatable bonds is 6. The van der Waals surface area contributed by atoms with Gasteiger partial charge in [-0.2, -0.15) is 9.97 Å². The van der Waals surface area contributed by atoms with E-state index >= 15 is 0 Å². The van der Waals surface area contributed by atoms with E-state index in [1.807, 2.05) is 30.3 Å². The first-order valence-corrected chi connectivity index (χ1v) is 11.9. The number of hydrogen-bond donors (Lipinski definition) is 3. The van der Waals surface area contributed by atoms with Crippen molar-refractivity contribution in [3.05, 3.63) is 35.9 Å². The average Bonchev–Trinajstić information content (AvgIpc) is 2.88. The zero-order valence-electron chi connectivity index (χ0n) is 19.8. The number of aromatic nitrogens is 3. The summed E-state index contributed by atoms with van der Waals surface area (Å²) in [5, 5.41) is 17.6. The van der Waals surface area contributed by atoms with Crippen molar-refractivity contribution in [3.8, 4) is 17.0 Å². The van der Waals surface area contributed by atoms with Gasteiger partial charge in [0.25, 0.3) is 0 Å². The second kappa shape index (κ2) is 10.1. The number of piperidine rings is 1. The minimum atomic E-state index is -0.101. The molecule has 180 valence electrons. The van der Waals surface area contributed by atoms with Gasteiger partial charge in [-0.05, 0) is 63.2 Å². The van der Waals surface area contributed by atoms with Gasteiger partial charge in [0, 0.05) is 23.7 Å². The highest BCUT2D eigenvalue weighted by molar-refractivity contribution is 5.90. The van der Waals surface area contributed by atoms with Crippen molar-refractivity contribution in [1.29, 1.82) is 0 Å². The molecule has 9 nitrogen and oxygen atoms in total. The number of aliphatic hydroxyl groups is 1. The van der Waals surface area contributed by atoms with E-state index in [2.05, 4.69) is 22.5 Å². The average molecular weight is 465 g/mol. The molecule has 0 bridgehead atoms. The molecule has 3 aromatic rings. The Labute approximate surface area is 199 Å².